The molecule has 0 aliphatic heterocycles. The predicted octanol–water partition coefficient (Wildman–Crippen LogP) is 3.19. The van der Waals surface area contributed by atoms with Crippen molar-refractivity contribution in [1.29, 1.82) is 0 Å². The number of hydrogen-bond acceptors (Lipinski definition) is 1. The Labute approximate surface area is 83.1 Å². The molecule has 0 heterocycles. The van der Waals surface area contributed by atoms with Crippen molar-refractivity contribution >= 4 is 0 Å². The average molecular weight is 183 g/mol. The van der Waals surface area contributed by atoms with Crippen molar-refractivity contribution in [2.24, 2.45) is 23.5 Å². The summed E-state index contributed by atoms with van der Waals surface area (Å²) in [6.07, 6.45) is 8.50. The van der Waals surface area contributed by atoms with Crippen molar-refractivity contribution in [1.82, 2.24) is 0 Å². The predicted molar refractivity (Wildman–Crippen MR) is 58.6 cm³/mol. The molecule has 2 atom stereocenters. The molecule has 1 heteroatoms. The first kappa shape index (κ1) is 11.0. The van der Waals surface area contributed by atoms with Crippen molar-refractivity contribution in [2.75, 3.05) is 6.54 Å². The Balaban J connectivity index is 2.13. The van der Waals surface area contributed by atoms with Gasteiger partial charge in [0.05, 0.1) is 0 Å². The van der Waals surface area contributed by atoms with E-state index in [2.05, 4.69) is 13.8 Å². The topological polar surface area (TPSA) is 26.0 Å². The Morgan fingerprint density at radius 1 is 1.23 bits per heavy atom. The molecule has 0 aromatic rings. The van der Waals surface area contributed by atoms with Crippen molar-refractivity contribution in [3.05, 3.63) is 0 Å². The van der Waals surface area contributed by atoms with E-state index in [-0.39, 0.29) is 0 Å². The van der Waals surface area contributed by atoms with Crippen LogP contribution in [0.25, 0.3) is 0 Å². The molecule has 0 bridgehead atoms. The lowest BCUT2D eigenvalue weighted by molar-refractivity contribution is 0.350. The number of hydrogen-bond donors (Lipinski definition) is 1. The molecule has 0 aromatic heterocycles. The summed E-state index contributed by atoms with van der Waals surface area (Å²) in [6.45, 7) is 5.55. The second kappa shape index (κ2) is 5.64. The molecule has 2 N–H and O–H groups in total. The number of nitrogens with two attached hydrogens (primary N) is 1. The first-order valence-corrected chi connectivity index (χ1v) is 5.94. The van der Waals surface area contributed by atoms with Gasteiger partial charge in [-0.2, -0.15) is 0 Å². The zero-order valence-electron chi connectivity index (χ0n) is 9.26. The highest BCUT2D eigenvalue weighted by Gasteiger charge is 2.25. The quantitative estimate of drug-likeness (QED) is 0.696. The molecule has 0 radical (unpaired) electrons. The van der Waals surface area contributed by atoms with Gasteiger partial charge in [0.1, 0.15) is 0 Å². The molecule has 78 valence electrons. The molecule has 2 unspecified atom stereocenters. The first-order chi connectivity index (χ1) is 6.24. The Bertz CT molecular complexity index is 131. The SMILES string of the molecule is CC(C)CCCC1CCCC1CN. The fourth-order valence-electron chi connectivity index (χ4n) is 2.59. The minimum atomic E-state index is 0.854. The van der Waals surface area contributed by atoms with Gasteiger partial charge < -0.3 is 5.73 Å². The summed E-state index contributed by atoms with van der Waals surface area (Å²) < 4.78 is 0. The van der Waals surface area contributed by atoms with Crippen LogP contribution in [0, 0.1) is 17.8 Å². The number of rotatable bonds is 5. The van der Waals surface area contributed by atoms with E-state index >= 15 is 0 Å². The van der Waals surface area contributed by atoms with Crippen LogP contribution in [0.5, 0.6) is 0 Å². The van der Waals surface area contributed by atoms with Crippen LogP contribution in [0.15, 0.2) is 0 Å². The summed E-state index contributed by atoms with van der Waals surface area (Å²) in [5, 5.41) is 0. The maximum atomic E-state index is 5.76. The Kier molecular flexibility index (Phi) is 4.79. The van der Waals surface area contributed by atoms with Gasteiger partial charge in [-0.3, -0.25) is 0 Å². The van der Waals surface area contributed by atoms with E-state index in [4.69, 9.17) is 5.73 Å². The average Bonchev–Trinajstić information content (AvgIpc) is 2.51. The monoisotopic (exact) mass is 183 g/mol. The molecule has 1 nitrogen and oxygen atoms in total. The van der Waals surface area contributed by atoms with Gasteiger partial charge in [-0.15, -0.1) is 0 Å². The summed E-state index contributed by atoms with van der Waals surface area (Å²) in [5.41, 5.74) is 5.76. The Morgan fingerprint density at radius 2 is 1.92 bits per heavy atom. The molecule has 0 aromatic carbocycles. The molecule has 0 saturated heterocycles. The third kappa shape index (κ3) is 3.68. The molecule has 0 spiro atoms. The molecular weight excluding hydrogens is 158 g/mol. The second-order valence-corrected chi connectivity index (χ2v) is 5.01. The lowest BCUT2D eigenvalue weighted by Gasteiger charge is -2.17. The van der Waals surface area contributed by atoms with Gasteiger partial charge in [-0.25, -0.2) is 0 Å². The van der Waals surface area contributed by atoms with E-state index in [1.807, 2.05) is 0 Å². The van der Waals surface area contributed by atoms with E-state index in [1.54, 1.807) is 0 Å². The summed E-state index contributed by atoms with van der Waals surface area (Å²) >= 11 is 0. The molecule has 1 rings (SSSR count). The highest BCUT2D eigenvalue weighted by Crippen LogP contribution is 2.34. The maximum Gasteiger partial charge on any atom is -0.00462 e. The standard InChI is InChI=1S/C12H25N/c1-10(2)5-3-6-11-7-4-8-12(11)9-13/h10-12H,3-9,13H2,1-2H3. The minimum Gasteiger partial charge on any atom is -0.330 e. The normalized spacial score (nSPS) is 28.6. The molecule has 1 saturated carbocycles. The third-order valence-electron chi connectivity index (χ3n) is 3.48. The van der Waals surface area contributed by atoms with Crippen LogP contribution in [0.4, 0.5) is 0 Å². The first-order valence-electron chi connectivity index (χ1n) is 5.94. The highest BCUT2D eigenvalue weighted by atomic mass is 14.6. The van der Waals surface area contributed by atoms with Gasteiger partial charge in [0, 0.05) is 0 Å². The van der Waals surface area contributed by atoms with Gasteiger partial charge >= 0.3 is 0 Å². The van der Waals surface area contributed by atoms with Crippen LogP contribution < -0.4 is 5.73 Å². The van der Waals surface area contributed by atoms with Gasteiger partial charge in [0.15, 0.2) is 0 Å². The van der Waals surface area contributed by atoms with Gasteiger partial charge in [0.25, 0.3) is 0 Å². The zero-order chi connectivity index (χ0) is 9.68. The molecule has 1 fully saturated rings. The Hall–Kier alpha value is -0.0400. The van der Waals surface area contributed by atoms with Crippen molar-refractivity contribution < 1.29 is 0 Å². The maximum absolute atomic E-state index is 5.76. The van der Waals surface area contributed by atoms with Crippen LogP contribution in [0.1, 0.15) is 52.4 Å². The van der Waals surface area contributed by atoms with E-state index in [1.165, 1.54) is 38.5 Å². The lowest BCUT2D eigenvalue weighted by Crippen LogP contribution is -2.18. The van der Waals surface area contributed by atoms with E-state index in [0.29, 0.717) is 0 Å². The molecular formula is C12H25N. The van der Waals surface area contributed by atoms with Crippen molar-refractivity contribution in [3.63, 3.8) is 0 Å². The molecule has 1 aliphatic carbocycles. The fourth-order valence-corrected chi connectivity index (χ4v) is 2.59. The molecule has 0 amide bonds. The van der Waals surface area contributed by atoms with Crippen molar-refractivity contribution in [2.45, 2.75) is 52.4 Å². The highest BCUT2D eigenvalue weighted by molar-refractivity contribution is 4.77. The second-order valence-electron chi connectivity index (χ2n) is 5.01. The smallest absolute Gasteiger partial charge is 0.00462 e. The minimum absolute atomic E-state index is 0.854. The van der Waals surface area contributed by atoms with Crippen LogP contribution in [-0.4, -0.2) is 6.54 Å². The largest absolute Gasteiger partial charge is 0.330 e. The summed E-state index contributed by atoms with van der Waals surface area (Å²) in [6, 6.07) is 0. The zero-order valence-corrected chi connectivity index (χ0v) is 9.26. The van der Waals surface area contributed by atoms with Crippen LogP contribution in [0.3, 0.4) is 0 Å². The van der Waals surface area contributed by atoms with Crippen LogP contribution in [0.2, 0.25) is 0 Å². The van der Waals surface area contributed by atoms with Crippen LogP contribution in [-0.2, 0) is 0 Å². The molecule has 1 aliphatic rings. The van der Waals surface area contributed by atoms with Crippen molar-refractivity contribution in [3.8, 4) is 0 Å². The van der Waals surface area contributed by atoms with Gasteiger partial charge in [0.2, 0.25) is 0 Å². The van der Waals surface area contributed by atoms with Gasteiger partial charge in [-0.05, 0) is 30.7 Å². The van der Waals surface area contributed by atoms with E-state index in [0.717, 1.165) is 24.3 Å². The van der Waals surface area contributed by atoms with E-state index in [9.17, 15) is 0 Å². The fraction of sp³-hybridized carbons (Fsp3) is 1.00. The van der Waals surface area contributed by atoms with Crippen LogP contribution >= 0.6 is 0 Å². The Morgan fingerprint density at radius 3 is 2.54 bits per heavy atom. The summed E-state index contributed by atoms with van der Waals surface area (Å²) in [4.78, 5) is 0. The summed E-state index contributed by atoms with van der Waals surface area (Å²) in [7, 11) is 0. The summed E-state index contributed by atoms with van der Waals surface area (Å²) in [5.74, 6) is 2.69. The third-order valence-corrected chi connectivity index (χ3v) is 3.48. The lowest BCUT2D eigenvalue weighted by atomic mass is 9.90. The molecule has 13 heavy (non-hydrogen) atoms. The van der Waals surface area contributed by atoms with E-state index < -0.39 is 0 Å². The van der Waals surface area contributed by atoms with Gasteiger partial charge in [-0.1, -0.05) is 46.0 Å².